The molecule has 0 aromatic carbocycles. The van der Waals surface area contributed by atoms with Gasteiger partial charge in [0.1, 0.15) is 5.71 Å². The summed E-state index contributed by atoms with van der Waals surface area (Å²) >= 11 is 0. The fourth-order valence-electron chi connectivity index (χ4n) is 4.48. The van der Waals surface area contributed by atoms with Crippen LogP contribution in [0.5, 0.6) is 5.88 Å². The molecule has 2 aliphatic heterocycles. The molecule has 2 fully saturated rings. The van der Waals surface area contributed by atoms with Crippen LogP contribution >= 0.6 is 0 Å². The van der Waals surface area contributed by atoms with E-state index in [1.165, 1.54) is 18.4 Å². The monoisotopic (exact) mass is 383 g/mol. The Kier molecular flexibility index (Phi) is 6.05. The highest BCUT2D eigenvalue weighted by molar-refractivity contribution is 6.43. The molecule has 6 heteroatoms. The van der Waals surface area contributed by atoms with Gasteiger partial charge in [0.05, 0.1) is 13.2 Å². The Labute approximate surface area is 166 Å². The lowest BCUT2D eigenvalue weighted by molar-refractivity contribution is -0.116. The van der Waals surface area contributed by atoms with Crippen LogP contribution in [0.2, 0.25) is 0 Å². The van der Waals surface area contributed by atoms with Crippen LogP contribution in [0.15, 0.2) is 35.0 Å². The lowest BCUT2D eigenvalue weighted by Crippen LogP contribution is -2.43. The average molecular weight is 383 g/mol. The van der Waals surface area contributed by atoms with Crippen LogP contribution in [0.3, 0.4) is 0 Å². The second-order valence-corrected chi connectivity index (χ2v) is 7.94. The molecule has 2 unspecified atom stereocenters. The number of hydrogen-bond donors (Lipinski definition) is 1. The molecule has 0 bridgehead atoms. The van der Waals surface area contributed by atoms with Gasteiger partial charge in [-0.1, -0.05) is 24.5 Å². The first-order chi connectivity index (χ1) is 13.7. The van der Waals surface area contributed by atoms with E-state index in [2.05, 4.69) is 16.4 Å². The largest absolute Gasteiger partial charge is 0.481 e. The number of amides is 1. The number of pyridine rings is 1. The molecule has 1 aliphatic carbocycles. The number of aromatic nitrogens is 1. The zero-order valence-electron chi connectivity index (χ0n) is 16.5. The van der Waals surface area contributed by atoms with Crippen LogP contribution in [0.4, 0.5) is 0 Å². The highest BCUT2D eigenvalue weighted by Gasteiger charge is 2.33. The van der Waals surface area contributed by atoms with E-state index in [4.69, 9.17) is 14.5 Å². The number of aliphatic imine (C=N–C) groups is 1. The van der Waals surface area contributed by atoms with E-state index in [9.17, 15) is 4.79 Å². The zero-order chi connectivity index (χ0) is 19.3. The molecule has 3 aliphatic rings. The number of dihydropyridines is 1. The number of rotatable bonds is 5. The number of nitrogens with zero attached hydrogens (tertiary/aromatic N) is 2. The molecule has 6 nitrogen and oxygen atoms in total. The summed E-state index contributed by atoms with van der Waals surface area (Å²) in [7, 11) is 1.62. The molecule has 1 saturated carbocycles. The van der Waals surface area contributed by atoms with Gasteiger partial charge >= 0.3 is 0 Å². The van der Waals surface area contributed by atoms with Crippen molar-refractivity contribution >= 4 is 11.6 Å². The predicted molar refractivity (Wildman–Crippen MR) is 108 cm³/mol. The Bertz CT molecular complexity index is 751. The molecule has 4 rings (SSSR count). The minimum atomic E-state index is -0.0405. The number of carbonyl (C=O) groups excluding carboxylic acids is 1. The molecule has 1 saturated heterocycles. The average Bonchev–Trinajstić information content (AvgIpc) is 2.75. The van der Waals surface area contributed by atoms with Crippen LogP contribution in [-0.4, -0.2) is 49.0 Å². The molecule has 1 N–H and O–H groups in total. The lowest BCUT2D eigenvalue weighted by Gasteiger charge is -2.34. The van der Waals surface area contributed by atoms with Crippen molar-refractivity contribution < 1.29 is 14.3 Å². The molecule has 0 radical (unpaired) electrons. The SMILES string of the molecule is COc1ccc(CC2=CC(C(=O)NC3CCOCC3)=NC3CCCCC23)cn1. The Morgan fingerprint density at radius 2 is 2.04 bits per heavy atom. The van der Waals surface area contributed by atoms with Crippen LogP contribution in [0.25, 0.3) is 0 Å². The first kappa shape index (κ1) is 19.1. The van der Waals surface area contributed by atoms with Crippen molar-refractivity contribution in [2.45, 2.75) is 57.0 Å². The normalized spacial score (nSPS) is 25.3. The van der Waals surface area contributed by atoms with E-state index in [1.54, 1.807) is 7.11 Å². The summed E-state index contributed by atoms with van der Waals surface area (Å²) in [5.41, 5.74) is 3.04. The van der Waals surface area contributed by atoms with E-state index in [-0.39, 0.29) is 18.0 Å². The highest BCUT2D eigenvalue weighted by atomic mass is 16.5. The smallest absolute Gasteiger partial charge is 0.269 e. The maximum absolute atomic E-state index is 12.9. The Morgan fingerprint density at radius 3 is 2.79 bits per heavy atom. The third-order valence-corrected chi connectivity index (χ3v) is 6.04. The Morgan fingerprint density at radius 1 is 1.21 bits per heavy atom. The molecule has 150 valence electrons. The van der Waals surface area contributed by atoms with Crippen LogP contribution in [-0.2, 0) is 16.0 Å². The van der Waals surface area contributed by atoms with E-state index < -0.39 is 0 Å². The Hall–Kier alpha value is -2.21. The van der Waals surface area contributed by atoms with Gasteiger partial charge in [-0.3, -0.25) is 9.79 Å². The van der Waals surface area contributed by atoms with Crippen LogP contribution in [0, 0.1) is 5.92 Å². The van der Waals surface area contributed by atoms with E-state index in [1.807, 2.05) is 18.3 Å². The number of ether oxygens (including phenoxy) is 2. The van der Waals surface area contributed by atoms with Gasteiger partial charge in [0.15, 0.2) is 0 Å². The number of nitrogens with one attached hydrogen (secondary N) is 1. The van der Waals surface area contributed by atoms with Crippen molar-refractivity contribution in [2.24, 2.45) is 10.9 Å². The molecule has 3 heterocycles. The fourth-order valence-corrected chi connectivity index (χ4v) is 4.48. The number of methoxy groups -OCH3 is 1. The molecule has 0 spiro atoms. The Balaban J connectivity index is 1.51. The minimum Gasteiger partial charge on any atom is -0.481 e. The van der Waals surface area contributed by atoms with Gasteiger partial charge in [-0.25, -0.2) is 4.98 Å². The minimum absolute atomic E-state index is 0.0405. The van der Waals surface area contributed by atoms with Gasteiger partial charge in [-0.15, -0.1) is 0 Å². The van der Waals surface area contributed by atoms with Crippen molar-refractivity contribution in [1.82, 2.24) is 10.3 Å². The van der Waals surface area contributed by atoms with E-state index in [0.717, 1.165) is 37.7 Å². The van der Waals surface area contributed by atoms with Gasteiger partial charge in [0.2, 0.25) is 5.88 Å². The summed E-state index contributed by atoms with van der Waals surface area (Å²) in [4.78, 5) is 22.0. The summed E-state index contributed by atoms with van der Waals surface area (Å²) < 4.78 is 10.5. The van der Waals surface area contributed by atoms with Crippen molar-refractivity contribution in [3.8, 4) is 5.88 Å². The fraction of sp³-hybridized carbons (Fsp3) is 0.591. The first-order valence-corrected chi connectivity index (χ1v) is 10.4. The number of hydrogen-bond acceptors (Lipinski definition) is 5. The third kappa shape index (κ3) is 4.43. The lowest BCUT2D eigenvalue weighted by atomic mass is 9.76. The number of carbonyl (C=O) groups is 1. The molecule has 28 heavy (non-hydrogen) atoms. The summed E-state index contributed by atoms with van der Waals surface area (Å²) in [6.07, 6.45) is 11.1. The van der Waals surface area contributed by atoms with Crippen molar-refractivity contribution in [3.05, 3.63) is 35.5 Å². The van der Waals surface area contributed by atoms with E-state index in [0.29, 0.717) is 30.7 Å². The second kappa shape index (κ2) is 8.86. The highest BCUT2D eigenvalue weighted by Crippen LogP contribution is 2.36. The van der Waals surface area contributed by atoms with Crippen LogP contribution < -0.4 is 10.1 Å². The second-order valence-electron chi connectivity index (χ2n) is 7.94. The molecule has 1 aromatic heterocycles. The molecule has 2 atom stereocenters. The van der Waals surface area contributed by atoms with Gasteiger partial charge in [-0.05, 0) is 43.7 Å². The molecule has 1 aromatic rings. The summed E-state index contributed by atoms with van der Waals surface area (Å²) in [5.74, 6) is 1.02. The molecular weight excluding hydrogens is 354 g/mol. The number of fused-ring (bicyclic) bond motifs is 1. The van der Waals surface area contributed by atoms with Crippen LogP contribution in [0.1, 0.15) is 44.1 Å². The zero-order valence-corrected chi connectivity index (χ0v) is 16.5. The van der Waals surface area contributed by atoms with Crippen molar-refractivity contribution in [2.75, 3.05) is 20.3 Å². The molecular formula is C22H29N3O3. The van der Waals surface area contributed by atoms with Gasteiger partial charge in [0, 0.05) is 37.4 Å². The first-order valence-electron chi connectivity index (χ1n) is 10.4. The summed E-state index contributed by atoms with van der Waals surface area (Å²) in [6.45, 7) is 1.43. The van der Waals surface area contributed by atoms with Gasteiger partial charge in [-0.2, -0.15) is 0 Å². The third-order valence-electron chi connectivity index (χ3n) is 6.04. The van der Waals surface area contributed by atoms with Gasteiger partial charge in [0.25, 0.3) is 5.91 Å². The van der Waals surface area contributed by atoms with Gasteiger partial charge < -0.3 is 14.8 Å². The standard InChI is InChI=1S/C22H29N3O3/c1-27-21-7-6-15(14-23-21)12-16-13-20(25-19-5-3-2-4-18(16)19)22(26)24-17-8-10-28-11-9-17/h6-7,13-14,17-19H,2-5,8-12H2,1H3,(H,24,26). The summed E-state index contributed by atoms with van der Waals surface area (Å²) in [5, 5.41) is 3.16. The quantitative estimate of drug-likeness (QED) is 0.849. The summed E-state index contributed by atoms with van der Waals surface area (Å²) in [6, 6.07) is 4.37. The van der Waals surface area contributed by atoms with Crippen molar-refractivity contribution in [3.63, 3.8) is 0 Å². The van der Waals surface area contributed by atoms with Crippen molar-refractivity contribution in [1.29, 1.82) is 0 Å². The maximum atomic E-state index is 12.9. The van der Waals surface area contributed by atoms with E-state index >= 15 is 0 Å². The molecule has 1 amide bonds. The topological polar surface area (TPSA) is 72.8 Å². The maximum Gasteiger partial charge on any atom is 0.269 e. The predicted octanol–water partition coefficient (Wildman–Crippen LogP) is 2.87.